The number of amides is 2. The number of nitrogens with zero attached hydrogens (tertiary/aromatic N) is 2. The summed E-state index contributed by atoms with van der Waals surface area (Å²) in [5.74, 6) is -0.705. The van der Waals surface area contributed by atoms with Crippen LogP contribution in [0.5, 0.6) is 0 Å². The fourth-order valence-electron chi connectivity index (χ4n) is 3.44. The largest absolute Gasteiger partial charge is 0.355 e. The summed E-state index contributed by atoms with van der Waals surface area (Å²) in [5, 5.41) is 2.78. The lowest BCUT2D eigenvalue weighted by atomic mass is 10.1. The highest BCUT2D eigenvalue weighted by molar-refractivity contribution is 9.10. The maximum absolute atomic E-state index is 13.5. The number of hydrogen-bond donors (Lipinski definition) is 1. The lowest BCUT2D eigenvalue weighted by Crippen LogP contribution is -2.52. The van der Waals surface area contributed by atoms with Crippen LogP contribution >= 0.6 is 15.9 Å². The zero-order chi connectivity index (χ0) is 23.9. The minimum atomic E-state index is -3.73. The second kappa shape index (κ2) is 11.5. The Balaban J connectivity index is 2.42. The minimum Gasteiger partial charge on any atom is -0.355 e. The molecule has 0 aliphatic rings. The van der Waals surface area contributed by atoms with Gasteiger partial charge < -0.3 is 10.2 Å². The van der Waals surface area contributed by atoms with Crippen molar-refractivity contribution in [3.63, 3.8) is 0 Å². The van der Waals surface area contributed by atoms with E-state index >= 15 is 0 Å². The van der Waals surface area contributed by atoms with Gasteiger partial charge in [0.05, 0.1) is 11.9 Å². The highest BCUT2D eigenvalue weighted by atomic mass is 79.9. The molecule has 0 aliphatic carbocycles. The first kappa shape index (κ1) is 25.9. The van der Waals surface area contributed by atoms with Gasteiger partial charge in [-0.3, -0.25) is 13.9 Å². The number of likely N-dealkylation sites (N-methyl/N-ethyl adjacent to an activating group) is 1. The van der Waals surface area contributed by atoms with E-state index < -0.39 is 28.5 Å². The van der Waals surface area contributed by atoms with Gasteiger partial charge >= 0.3 is 0 Å². The van der Waals surface area contributed by atoms with Crippen LogP contribution in [-0.4, -0.2) is 50.5 Å². The van der Waals surface area contributed by atoms with E-state index in [4.69, 9.17) is 0 Å². The smallest absolute Gasteiger partial charge is 0.244 e. The summed E-state index contributed by atoms with van der Waals surface area (Å²) in [6.45, 7) is 5.85. The molecule has 2 rings (SSSR count). The third-order valence-electron chi connectivity index (χ3n) is 4.97. The standard InChI is InChI=1S/C23H30BrN3O4S/c1-5-21(23(29)25-6-2)26(15-18-9-7-8-17(3)14-18)22(28)16-27(32(4,30)31)20-12-10-19(24)11-13-20/h7-14,21H,5-6,15-16H2,1-4H3,(H,25,29)/t21-/m0/s1. The average molecular weight is 524 g/mol. The van der Waals surface area contributed by atoms with Gasteiger partial charge in [-0.2, -0.15) is 0 Å². The molecule has 2 amide bonds. The Bertz CT molecular complexity index is 1040. The molecule has 0 radical (unpaired) electrons. The summed E-state index contributed by atoms with van der Waals surface area (Å²) < 4.78 is 26.9. The number of rotatable bonds is 10. The zero-order valence-electron chi connectivity index (χ0n) is 18.8. The monoisotopic (exact) mass is 523 g/mol. The lowest BCUT2D eigenvalue weighted by Gasteiger charge is -2.32. The molecule has 174 valence electrons. The van der Waals surface area contributed by atoms with Crippen molar-refractivity contribution in [3.05, 3.63) is 64.1 Å². The van der Waals surface area contributed by atoms with E-state index in [1.165, 1.54) is 4.90 Å². The highest BCUT2D eigenvalue weighted by Crippen LogP contribution is 2.22. The molecular weight excluding hydrogens is 494 g/mol. The average Bonchev–Trinajstić information content (AvgIpc) is 2.72. The molecule has 9 heteroatoms. The number of aryl methyl sites for hydroxylation is 1. The normalized spacial score (nSPS) is 12.2. The molecule has 2 aromatic rings. The molecule has 7 nitrogen and oxygen atoms in total. The maximum Gasteiger partial charge on any atom is 0.244 e. The van der Waals surface area contributed by atoms with Gasteiger partial charge in [0.1, 0.15) is 12.6 Å². The lowest BCUT2D eigenvalue weighted by molar-refractivity contribution is -0.140. The fourth-order valence-corrected chi connectivity index (χ4v) is 4.55. The van der Waals surface area contributed by atoms with E-state index in [1.807, 2.05) is 45.0 Å². The number of carbonyl (C=O) groups is 2. The molecule has 0 aromatic heterocycles. The Kier molecular flexibility index (Phi) is 9.27. The second-order valence-corrected chi connectivity index (χ2v) is 10.4. The summed E-state index contributed by atoms with van der Waals surface area (Å²) in [4.78, 5) is 27.7. The molecule has 0 bridgehead atoms. The van der Waals surface area contributed by atoms with Crippen LogP contribution in [0.15, 0.2) is 53.0 Å². The van der Waals surface area contributed by atoms with Crippen LogP contribution in [0.4, 0.5) is 5.69 Å². The third kappa shape index (κ3) is 7.06. The van der Waals surface area contributed by atoms with Gasteiger partial charge in [0.2, 0.25) is 21.8 Å². The Morgan fingerprint density at radius 2 is 1.75 bits per heavy atom. The number of sulfonamides is 1. The van der Waals surface area contributed by atoms with Crippen molar-refractivity contribution in [2.24, 2.45) is 0 Å². The van der Waals surface area contributed by atoms with Crippen molar-refractivity contribution in [2.45, 2.75) is 39.8 Å². The number of anilines is 1. The van der Waals surface area contributed by atoms with Crippen molar-refractivity contribution >= 4 is 43.5 Å². The first-order valence-corrected chi connectivity index (χ1v) is 13.1. The summed E-state index contributed by atoms with van der Waals surface area (Å²) in [7, 11) is -3.73. The van der Waals surface area contributed by atoms with Crippen molar-refractivity contribution in [1.82, 2.24) is 10.2 Å². The van der Waals surface area contributed by atoms with Gasteiger partial charge in [-0.05, 0) is 50.1 Å². The first-order valence-electron chi connectivity index (χ1n) is 10.4. The van der Waals surface area contributed by atoms with Crippen LogP contribution in [0.25, 0.3) is 0 Å². The summed E-state index contributed by atoms with van der Waals surface area (Å²) in [5.41, 5.74) is 2.29. The van der Waals surface area contributed by atoms with Gasteiger partial charge in [0, 0.05) is 17.6 Å². The zero-order valence-corrected chi connectivity index (χ0v) is 21.2. The van der Waals surface area contributed by atoms with E-state index in [-0.39, 0.29) is 12.5 Å². The fraction of sp³-hybridized carbons (Fsp3) is 0.391. The van der Waals surface area contributed by atoms with Crippen LogP contribution in [-0.2, 0) is 26.2 Å². The first-order chi connectivity index (χ1) is 15.1. The molecule has 32 heavy (non-hydrogen) atoms. The maximum atomic E-state index is 13.5. The quantitative estimate of drug-likeness (QED) is 0.516. The van der Waals surface area contributed by atoms with Crippen LogP contribution in [0, 0.1) is 6.92 Å². The molecule has 0 unspecified atom stereocenters. The van der Waals surface area contributed by atoms with Gasteiger partial charge in [-0.15, -0.1) is 0 Å². The van der Waals surface area contributed by atoms with Crippen molar-refractivity contribution < 1.29 is 18.0 Å². The molecule has 0 fully saturated rings. The number of benzene rings is 2. The van der Waals surface area contributed by atoms with Gasteiger partial charge in [0.25, 0.3) is 0 Å². The van der Waals surface area contributed by atoms with Crippen LogP contribution in [0.1, 0.15) is 31.4 Å². The van der Waals surface area contributed by atoms with Crippen LogP contribution in [0.3, 0.4) is 0 Å². The SMILES string of the molecule is CCNC(=O)[C@H](CC)N(Cc1cccc(C)c1)C(=O)CN(c1ccc(Br)cc1)S(C)(=O)=O. The summed E-state index contributed by atoms with van der Waals surface area (Å²) >= 11 is 3.33. The Hall–Kier alpha value is -2.39. The molecule has 0 heterocycles. The van der Waals surface area contributed by atoms with E-state index in [9.17, 15) is 18.0 Å². The van der Waals surface area contributed by atoms with Crippen LogP contribution < -0.4 is 9.62 Å². The van der Waals surface area contributed by atoms with E-state index in [0.717, 1.165) is 26.2 Å². The van der Waals surface area contributed by atoms with E-state index in [0.29, 0.717) is 18.7 Å². The Labute approximate surface area is 199 Å². The van der Waals surface area contributed by atoms with Crippen molar-refractivity contribution in [3.8, 4) is 0 Å². The predicted molar refractivity (Wildman–Crippen MR) is 131 cm³/mol. The molecule has 0 saturated carbocycles. The topological polar surface area (TPSA) is 86.8 Å². The molecular formula is C23H30BrN3O4S. The molecule has 0 aliphatic heterocycles. The van der Waals surface area contributed by atoms with Gasteiger partial charge in [-0.1, -0.05) is 52.7 Å². The number of hydrogen-bond acceptors (Lipinski definition) is 4. The molecule has 1 atom stereocenters. The Morgan fingerprint density at radius 3 is 2.28 bits per heavy atom. The number of nitrogens with one attached hydrogen (secondary N) is 1. The molecule has 0 saturated heterocycles. The Morgan fingerprint density at radius 1 is 1.09 bits per heavy atom. The number of carbonyl (C=O) groups excluding carboxylic acids is 2. The predicted octanol–water partition coefficient (Wildman–Crippen LogP) is 3.47. The second-order valence-electron chi connectivity index (χ2n) is 7.58. The summed E-state index contributed by atoms with van der Waals surface area (Å²) in [6.07, 6.45) is 1.47. The van der Waals surface area contributed by atoms with Gasteiger partial charge in [-0.25, -0.2) is 8.42 Å². The van der Waals surface area contributed by atoms with Crippen molar-refractivity contribution in [2.75, 3.05) is 23.7 Å². The molecule has 1 N–H and O–H groups in total. The highest BCUT2D eigenvalue weighted by Gasteiger charge is 2.31. The van der Waals surface area contributed by atoms with E-state index in [2.05, 4.69) is 21.2 Å². The summed E-state index contributed by atoms with van der Waals surface area (Å²) in [6, 6.07) is 13.7. The molecule has 2 aromatic carbocycles. The van der Waals surface area contributed by atoms with E-state index in [1.54, 1.807) is 24.3 Å². The molecule has 0 spiro atoms. The third-order valence-corrected chi connectivity index (χ3v) is 6.64. The van der Waals surface area contributed by atoms with Gasteiger partial charge in [0.15, 0.2) is 0 Å². The van der Waals surface area contributed by atoms with Crippen LogP contribution in [0.2, 0.25) is 0 Å². The van der Waals surface area contributed by atoms with Crippen molar-refractivity contribution in [1.29, 1.82) is 0 Å². The number of halogens is 1. The minimum absolute atomic E-state index is 0.202.